The van der Waals surface area contributed by atoms with E-state index >= 15 is 0 Å². The predicted octanol–water partition coefficient (Wildman–Crippen LogP) is 7.43. The Morgan fingerprint density at radius 2 is 1.59 bits per heavy atom. The maximum absolute atomic E-state index is 13.7. The number of fused-ring (bicyclic) bond motifs is 2. The van der Waals surface area contributed by atoms with E-state index in [0.29, 0.717) is 28.5 Å². The minimum Gasteiger partial charge on any atom is -0.508 e. The number of allylic oxidation sites excluding steroid dienone is 4. The fourth-order valence-corrected chi connectivity index (χ4v) is 12.2. The van der Waals surface area contributed by atoms with Crippen LogP contribution in [-0.4, -0.2) is 32.0 Å². The molecule has 3 heterocycles. The van der Waals surface area contributed by atoms with Gasteiger partial charge in [0.2, 0.25) is 15.6 Å². The quantitative estimate of drug-likeness (QED) is 0.230. The zero-order valence-electron chi connectivity index (χ0n) is 25.1. The highest BCUT2D eigenvalue weighted by molar-refractivity contribution is 8.03. The molecule has 0 amide bonds. The van der Waals surface area contributed by atoms with Crippen molar-refractivity contribution < 1.29 is 32.8 Å². The van der Waals surface area contributed by atoms with E-state index in [4.69, 9.17) is 14.5 Å². The summed E-state index contributed by atoms with van der Waals surface area (Å²) in [6, 6.07) is 19.1. The van der Waals surface area contributed by atoms with Crippen molar-refractivity contribution >= 4 is 39.0 Å². The van der Waals surface area contributed by atoms with Crippen molar-refractivity contribution in [3.63, 3.8) is 0 Å². The lowest BCUT2D eigenvalue weighted by molar-refractivity contribution is -0.645. The highest BCUT2D eigenvalue weighted by Crippen LogP contribution is 2.69. The van der Waals surface area contributed by atoms with Crippen molar-refractivity contribution in [3.05, 3.63) is 111 Å². The highest BCUT2D eigenvalue weighted by atomic mass is 32.2. The molecule has 4 saturated carbocycles. The summed E-state index contributed by atoms with van der Waals surface area (Å²) in [4.78, 5) is 27.2. The van der Waals surface area contributed by atoms with Crippen molar-refractivity contribution in [2.24, 2.45) is 23.7 Å². The first kappa shape index (κ1) is 28.7. The molecule has 10 rings (SSSR count). The van der Waals surface area contributed by atoms with Crippen LogP contribution in [0.25, 0.3) is 11.6 Å². The van der Waals surface area contributed by atoms with E-state index < -0.39 is 27.0 Å². The number of Topliss-reactive ketones (excluding diaryl/α,β-unsaturated/α-hetero) is 1. The zero-order valence-corrected chi connectivity index (χ0v) is 26.8. The molecule has 0 radical (unpaired) electrons. The highest BCUT2D eigenvalue weighted by Gasteiger charge is 2.76. The number of rotatable bonds is 4. The normalized spacial score (nSPS) is 34.9. The Balaban J connectivity index is 1.15. The lowest BCUT2D eigenvalue weighted by atomic mass is 9.47. The maximum atomic E-state index is 13.7. The molecule has 1 spiro atoms. The molecule has 1 unspecified atom stereocenters. The smallest absolute Gasteiger partial charge is 0.261 e. The van der Waals surface area contributed by atoms with Gasteiger partial charge in [0.1, 0.15) is 10.7 Å². The molecule has 9 heteroatoms. The van der Waals surface area contributed by atoms with Gasteiger partial charge in [0, 0.05) is 33.6 Å². The predicted molar refractivity (Wildman–Crippen MR) is 173 cm³/mol. The summed E-state index contributed by atoms with van der Waals surface area (Å²) in [5.74, 6) is 0.522. The van der Waals surface area contributed by atoms with Crippen LogP contribution in [0.2, 0.25) is 0 Å². The number of carbonyl (C=O) groups excluding carboxylic acids is 1. The SMILES string of the molecule is COC1(c2cc(O)ccc2/C=C/C2=CC(=C3/C(=O)c4ccccc4S3(=O)=O)/c3ccccc3S2)OOC12C1CC3CC(C1)CC2C3. The summed E-state index contributed by atoms with van der Waals surface area (Å²) in [7, 11) is -2.35. The molecule has 5 fully saturated rings. The summed E-state index contributed by atoms with van der Waals surface area (Å²) in [5, 5.41) is 10.7. The van der Waals surface area contributed by atoms with Gasteiger partial charge < -0.3 is 9.84 Å². The number of ether oxygens (including phenoxy) is 1. The standard InChI is InChI=1S/C37H32O7S2/c1-42-37(36(43-44-37)24-15-21-14-22(17-24)18-25(36)16-21)31-19-26(38)12-10-23(31)11-13-27-20-30(28-6-2-4-8-32(28)45-27)35-34(39)29-7-3-5-9-33(29)46(35,40)41/h2-13,19-22,24-25,38H,14-18H2,1H3/b13-11+,35-30+. The molecule has 1 saturated heterocycles. The van der Waals surface area contributed by atoms with Crippen molar-refractivity contribution in [3.8, 4) is 5.75 Å². The lowest BCUT2D eigenvalue weighted by Gasteiger charge is -2.68. The summed E-state index contributed by atoms with van der Waals surface area (Å²) < 4.78 is 33.7. The number of phenolic OH excluding ortho intramolecular Hbond substituents is 1. The number of hydrogen-bond acceptors (Lipinski definition) is 8. The lowest BCUT2D eigenvalue weighted by Crippen LogP contribution is -2.76. The van der Waals surface area contributed by atoms with Crippen LogP contribution < -0.4 is 0 Å². The Labute approximate surface area is 271 Å². The number of thioether (sulfide) groups is 1. The zero-order chi connectivity index (χ0) is 31.4. The molecule has 1 atom stereocenters. The molecule has 3 aromatic rings. The second-order valence-corrected chi connectivity index (χ2v) is 16.4. The van der Waals surface area contributed by atoms with Gasteiger partial charge in [-0.05, 0) is 109 Å². The molecule has 234 valence electrons. The van der Waals surface area contributed by atoms with Gasteiger partial charge in [-0.25, -0.2) is 13.3 Å². The van der Waals surface area contributed by atoms with E-state index in [-0.39, 0.29) is 21.1 Å². The topological polar surface area (TPSA) is 99.1 Å². The van der Waals surface area contributed by atoms with Crippen molar-refractivity contribution in [1.29, 1.82) is 0 Å². The van der Waals surface area contributed by atoms with Crippen molar-refractivity contribution in [1.82, 2.24) is 0 Å². The van der Waals surface area contributed by atoms with Crippen LogP contribution in [0.15, 0.2) is 98.5 Å². The minimum absolute atomic E-state index is 0.0451. The van der Waals surface area contributed by atoms with Crippen molar-refractivity contribution in [2.75, 3.05) is 7.11 Å². The molecule has 46 heavy (non-hydrogen) atoms. The van der Waals surface area contributed by atoms with Gasteiger partial charge in [-0.2, -0.15) is 4.89 Å². The number of benzene rings is 3. The van der Waals surface area contributed by atoms with Crippen LogP contribution in [0.5, 0.6) is 5.75 Å². The van der Waals surface area contributed by atoms with Gasteiger partial charge in [-0.1, -0.05) is 54.2 Å². The number of carbonyl (C=O) groups is 1. The van der Waals surface area contributed by atoms with Gasteiger partial charge in [0.05, 0.1) is 4.90 Å². The van der Waals surface area contributed by atoms with Gasteiger partial charge >= 0.3 is 0 Å². The molecule has 7 aliphatic rings. The monoisotopic (exact) mass is 652 g/mol. The first-order valence-corrected chi connectivity index (χ1v) is 18.1. The molecule has 7 nitrogen and oxygen atoms in total. The van der Waals surface area contributed by atoms with Crippen molar-refractivity contribution in [2.45, 2.75) is 53.3 Å². The Morgan fingerprint density at radius 3 is 2.26 bits per heavy atom. The molecule has 0 aromatic heterocycles. The molecule has 1 N–H and O–H groups in total. The van der Waals surface area contributed by atoms with Gasteiger partial charge in [-0.3, -0.25) is 4.79 Å². The van der Waals surface area contributed by atoms with Crippen LogP contribution in [0.1, 0.15) is 59.2 Å². The van der Waals surface area contributed by atoms with E-state index in [1.54, 1.807) is 43.5 Å². The average Bonchev–Trinajstić information content (AvgIpc) is 3.24. The van der Waals surface area contributed by atoms with Crippen LogP contribution in [0, 0.1) is 23.7 Å². The molecule has 3 aliphatic heterocycles. The van der Waals surface area contributed by atoms with Gasteiger partial charge in [0.15, 0.2) is 5.60 Å². The Morgan fingerprint density at radius 1 is 0.891 bits per heavy atom. The molecular formula is C37H32O7S2. The van der Waals surface area contributed by atoms with Crippen LogP contribution in [-0.2, 0) is 30.1 Å². The second-order valence-electron chi connectivity index (χ2n) is 13.4. The maximum Gasteiger partial charge on any atom is 0.261 e. The Hall–Kier alpha value is -3.47. The average molecular weight is 653 g/mol. The first-order valence-electron chi connectivity index (χ1n) is 15.8. The number of phenols is 1. The van der Waals surface area contributed by atoms with E-state index in [1.165, 1.54) is 24.2 Å². The molecule has 3 aromatic carbocycles. The van der Waals surface area contributed by atoms with E-state index in [1.807, 2.05) is 42.5 Å². The third kappa shape index (κ3) is 3.77. The van der Waals surface area contributed by atoms with Gasteiger partial charge in [0.25, 0.3) is 5.79 Å². The summed E-state index contributed by atoms with van der Waals surface area (Å²) in [6.45, 7) is 0. The number of hydrogen-bond donors (Lipinski definition) is 1. The third-order valence-corrected chi connectivity index (χ3v) is 14.0. The Kier molecular flexibility index (Phi) is 6.26. The largest absolute Gasteiger partial charge is 0.508 e. The number of aromatic hydroxyl groups is 1. The summed E-state index contributed by atoms with van der Waals surface area (Å²) in [5.41, 5.74) is 2.17. The first-order chi connectivity index (χ1) is 22.2. The summed E-state index contributed by atoms with van der Waals surface area (Å²) >= 11 is 1.50. The number of ketones is 1. The number of sulfone groups is 1. The molecule has 4 bridgehead atoms. The minimum atomic E-state index is -4.01. The van der Waals surface area contributed by atoms with E-state index in [9.17, 15) is 18.3 Å². The molecule has 4 aliphatic carbocycles. The second kappa shape index (κ2) is 10.0. The van der Waals surface area contributed by atoms with Crippen LogP contribution in [0.3, 0.4) is 0 Å². The number of methoxy groups -OCH3 is 1. The van der Waals surface area contributed by atoms with Crippen LogP contribution >= 0.6 is 11.8 Å². The molecular weight excluding hydrogens is 621 g/mol. The van der Waals surface area contributed by atoms with Gasteiger partial charge in [-0.15, -0.1) is 0 Å². The van der Waals surface area contributed by atoms with E-state index in [0.717, 1.165) is 52.9 Å². The third-order valence-electron chi connectivity index (χ3n) is 11.1. The fourth-order valence-electron chi connectivity index (χ4n) is 9.41. The Bertz CT molecular complexity index is 2010. The van der Waals surface area contributed by atoms with Crippen LogP contribution in [0.4, 0.5) is 0 Å². The summed E-state index contributed by atoms with van der Waals surface area (Å²) in [6.07, 6.45) is 11.3. The fraction of sp³-hybridized carbons (Fsp3) is 0.324. The van der Waals surface area contributed by atoms with E-state index in [2.05, 4.69) is 0 Å².